The maximum Gasteiger partial charge on any atom is 0.141 e. The van der Waals surface area contributed by atoms with Crippen LogP contribution in [0.15, 0.2) is 40.9 Å². The monoisotopic (exact) mass is 371 g/mol. The quantitative estimate of drug-likeness (QED) is 0.825. The molecule has 0 heterocycles. The summed E-state index contributed by atoms with van der Waals surface area (Å²) in [6.07, 6.45) is 0.764. The van der Waals surface area contributed by atoms with Crippen LogP contribution in [0.2, 0.25) is 5.02 Å². The molecule has 0 aliphatic heterocycles. The third kappa shape index (κ3) is 4.70. The Morgan fingerprint density at radius 2 is 2.05 bits per heavy atom. The smallest absolute Gasteiger partial charge is 0.141 e. The summed E-state index contributed by atoms with van der Waals surface area (Å²) in [6, 6.07) is 10.4. The maximum atomic E-state index is 13.1. The Morgan fingerprint density at radius 1 is 1.29 bits per heavy atom. The van der Waals surface area contributed by atoms with Crippen molar-refractivity contribution in [2.45, 2.75) is 26.0 Å². The van der Waals surface area contributed by atoms with Gasteiger partial charge in [-0.15, -0.1) is 0 Å². The highest BCUT2D eigenvalue weighted by molar-refractivity contribution is 9.10. The minimum Gasteiger partial charge on any atom is -0.489 e. The lowest BCUT2D eigenvalue weighted by Crippen LogP contribution is -2.18. The van der Waals surface area contributed by atoms with Gasteiger partial charge in [0.15, 0.2) is 0 Å². The van der Waals surface area contributed by atoms with Crippen LogP contribution in [0, 0.1) is 5.82 Å². The zero-order valence-electron chi connectivity index (χ0n) is 11.6. The molecule has 5 heteroatoms. The van der Waals surface area contributed by atoms with E-state index in [2.05, 4.69) is 15.9 Å². The van der Waals surface area contributed by atoms with Crippen LogP contribution in [-0.4, -0.2) is 6.04 Å². The number of hydrogen-bond acceptors (Lipinski definition) is 2. The van der Waals surface area contributed by atoms with Gasteiger partial charge in [-0.1, -0.05) is 33.6 Å². The molecule has 0 aliphatic rings. The lowest BCUT2D eigenvalue weighted by molar-refractivity contribution is 0.305. The summed E-state index contributed by atoms with van der Waals surface area (Å²) < 4.78 is 19.8. The van der Waals surface area contributed by atoms with Gasteiger partial charge in [0.1, 0.15) is 18.2 Å². The average Bonchev–Trinajstić information content (AvgIpc) is 2.43. The van der Waals surface area contributed by atoms with Gasteiger partial charge in [0.2, 0.25) is 0 Å². The van der Waals surface area contributed by atoms with Crippen molar-refractivity contribution >= 4 is 27.5 Å². The lowest BCUT2D eigenvalue weighted by Gasteiger charge is -2.11. The highest BCUT2D eigenvalue weighted by atomic mass is 79.9. The standard InChI is InChI=1S/C16H16BrClFNO/c1-10(20)6-12-8-13(3-4-14(12)17)21-9-11-2-5-16(19)15(18)7-11/h2-5,7-8,10H,6,9,20H2,1H3. The molecule has 1 atom stereocenters. The third-order valence-electron chi connectivity index (χ3n) is 2.95. The van der Waals surface area contributed by atoms with Crippen LogP contribution < -0.4 is 10.5 Å². The highest BCUT2D eigenvalue weighted by Gasteiger charge is 2.06. The Morgan fingerprint density at radius 3 is 2.71 bits per heavy atom. The molecule has 0 saturated heterocycles. The second kappa shape index (κ2) is 7.25. The van der Waals surface area contributed by atoms with Crippen LogP contribution >= 0.6 is 27.5 Å². The molecule has 0 amide bonds. The molecule has 0 fully saturated rings. The van der Waals surface area contributed by atoms with E-state index in [1.54, 1.807) is 12.1 Å². The number of hydrogen-bond donors (Lipinski definition) is 1. The first-order valence-corrected chi connectivity index (χ1v) is 7.73. The minimum atomic E-state index is -0.428. The first-order valence-electron chi connectivity index (χ1n) is 6.56. The summed E-state index contributed by atoms with van der Waals surface area (Å²) in [6.45, 7) is 2.29. The predicted octanol–water partition coefficient (Wildman–Crippen LogP) is 4.71. The molecule has 2 rings (SSSR count). The van der Waals surface area contributed by atoms with Gasteiger partial charge in [-0.25, -0.2) is 4.39 Å². The first kappa shape index (κ1) is 16.3. The first-order chi connectivity index (χ1) is 9.95. The van der Waals surface area contributed by atoms with E-state index in [0.717, 1.165) is 27.8 Å². The predicted molar refractivity (Wildman–Crippen MR) is 87.2 cm³/mol. The van der Waals surface area contributed by atoms with Crippen molar-refractivity contribution in [3.8, 4) is 5.75 Å². The second-order valence-corrected chi connectivity index (χ2v) is 6.23. The molecule has 0 bridgehead atoms. The molecule has 0 radical (unpaired) electrons. The van der Waals surface area contributed by atoms with Crippen LogP contribution in [-0.2, 0) is 13.0 Å². The van der Waals surface area contributed by atoms with Crippen molar-refractivity contribution in [2.75, 3.05) is 0 Å². The molecule has 2 aromatic carbocycles. The van der Waals surface area contributed by atoms with Gasteiger partial charge in [0, 0.05) is 10.5 Å². The van der Waals surface area contributed by atoms with E-state index >= 15 is 0 Å². The topological polar surface area (TPSA) is 35.2 Å². The fourth-order valence-corrected chi connectivity index (χ4v) is 2.55. The molecule has 21 heavy (non-hydrogen) atoms. The van der Waals surface area contributed by atoms with E-state index < -0.39 is 5.82 Å². The van der Waals surface area contributed by atoms with Gasteiger partial charge < -0.3 is 10.5 Å². The number of rotatable bonds is 5. The minimum absolute atomic E-state index is 0.0763. The zero-order chi connectivity index (χ0) is 15.4. The fourth-order valence-electron chi connectivity index (χ4n) is 1.94. The summed E-state index contributed by atoms with van der Waals surface area (Å²) in [5.41, 5.74) is 7.74. The van der Waals surface area contributed by atoms with E-state index in [-0.39, 0.29) is 11.1 Å². The van der Waals surface area contributed by atoms with Crippen LogP contribution in [0.3, 0.4) is 0 Å². The van der Waals surface area contributed by atoms with Gasteiger partial charge >= 0.3 is 0 Å². The van der Waals surface area contributed by atoms with Crippen LogP contribution in [0.25, 0.3) is 0 Å². The van der Waals surface area contributed by atoms with Crippen LogP contribution in [0.5, 0.6) is 5.75 Å². The van der Waals surface area contributed by atoms with Crippen molar-refractivity contribution in [2.24, 2.45) is 5.73 Å². The van der Waals surface area contributed by atoms with Gasteiger partial charge in [-0.2, -0.15) is 0 Å². The van der Waals surface area contributed by atoms with Gasteiger partial charge in [-0.05, 0) is 54.8 Å². The molecular weight excluding hydrogens is 357 g/mol. The van der Waals surface area contributed by atoms with Crippen molar-refractivity contribution in [1.82, 2.24) is 0 Å². The molecule has 2 nitrogen and oxygen atoms in total. The largest absolute Gasteiger partial charge is 0.489 e. The summed E-state index contributed by atoms with van der Waals surface area (Å²) in [5.74, 6) is 0.317. The Balaban J connectivity index is 2.07. The molecular formula is C16H16BrClFNO. The molecule has 0 aliphatic carbocycles. The van der Waals surface area contributed by atoms with Crippen LogP contribution in [0.1, 0.15) is 18.1 Å². The van der Waals surface area contributed by atoms with Gasteiger partial charge in [0.05, 0.1) is 5.02 Å². The Bertz CT molecular complexity index is 634. The normalized spacial score (nSPS) is 12.2. The van der Waals surface area contributed by atoms with Gasteiger partial charge in [0.25, 0.3) is 0 Å². The van der Waals surface area contributed by atoms with Gasteiger partial charge in [-0.3, -0.25) is 0 Å². The van der Waals surface area contributed by atoms with E-state index in [0.29, 0.717) is 6.61 Å². The molecule has 2 N–H and O–H groups in total. The lowest BCUT2D eigenvalue weighted by atomic mass is 10.1. The van der Waals surface area contributed by atoms with E-state index in [4.69, 9.17) is 22.1 Å². The number of benzene rings is 2. The molecule has 0 spiro atoms. The molecule has 2 aromatic rings. The Kier molecular flexibility index (Phi) is 5.62. The molecule has 112 valence electrons. The summed E-state index contributed by atoms with van der Waals surface area (Å²) in [5, 5.41) is 0.101. The number of ether oxygens (including phenoxy) is 1. The SMILES string of the molecule is CC(N)Cc1cc(OCc2ccc(F)c(Cl)c2)ccc1Br. The summed E-state index contributed by atoms with van der Waals surface area (Å²) in [7, 11) is 0. The van der Waals surface area contributed by atoms with Crippen molar-refractivity contribution in [1.29, 1.82) is 0 Å². The van der Waals surface area contributed by atoms with E-state index in [1.807, 2.05) is 25.1 Å². The van der Waals surface area contributed by atoms with Crippen molar-refractivity contribution in [3.05, 3.63) is 62.8 Å². The molecule has 1 unspecified atom stereocenters. The Labute approximate surface area is 137 Å². The zero-order valence-corrected chi connectivity index (χ0v) is 13.9. The highest BCUT2D eigenvalue weighted by Crippen LogP contribution is 2.25. The summed E-state index contributed by atoms with van der Waals surface area (Å²) >= 11 is 9.25. The fraction of sp³-hybridized carbons (Fsp3) is 0.250. The molecule has 0 aromatic heterocycles. The second-order valence-electron chi connectivity index (χ2n) is 4.97. The summed E-state index contributed by atoms with van der Waals surface area (Å²) in [4.78, 5) is 0. The number of nitrogens with two attached hydrogens (primary N) is 1. The Hall–Kier alpha value is -1.10. The van der Waals surface area contributed by atoms with E-state index in [9.17, 15) is 4.39 Å². The van der Waals surface area contributed by atoms with Crippen molar-refractivity contribution < 1.29 is 9.13 Å². The molecule has 0 saturated carbocycles. The maximum absolute atomic E-state index is 13.1. The number of halogens is 3. The van der Waals surface area contributed by atoms with E-state index in [1.165, 1.54) is 6.07 Å². The third-order valence-corrected chi connectivity index (χ3v) is 4.01. The average molecular weight is 373 g/mol. The van der Waals surface area contributed by atoms with Crippen LogP contribution in [0.4, 0.5) is 4.39 Å². The van der Waals surface area contributed by atoms with Crippen molar-refractivity contribution in [3.63, 3.8) is 0 Å².